The number of aromatic nitrogens is 2. The Morgan fingerprint density at radius 2 is 1.48 bits per heavy atom. The molecule has 2 N–H and O–H groups in total. The lowest BCUT2D eigenvalue weighted by molar-refractivity contribution is -0.136. The van der Waals surface area contributed by atoms with E-state index in [1.165, 1.54) is 30.3 Å². The molecular weight excluding hydrogens is 357 g/mol. The lowest BCUT2D eigenvalue weighted by Crippen LogP contribution is -2.15. The molecule has 0 aliphatic carbocycles. The van der Waals surface area contributed by atoms with E-state index in [0.717, 1.165) is 11.6 Å². The molecule has 0 aliphatic heterocycles. The molecule has 0 radical (unpaired) electrons. The number of nitrogens with zero attached hydrogens (tertiary/aromatic N) is 2. The fourth-order valence-corrected chi connectivity index (χ4v) is 2.41. The number of halogens is 3. The SMILES string of the molecule is O=C(Cc1ccccc1)Nc1ccc(Nc2ccccc2C(F)(F)F)nn1. The third-order valence-electron chi connectivity index (χ3n) is 3.63. The Kier molecular flexibility index (Phi) is 5.35. The van der Waals surface area contributed by atoms with Gasteiger partial charge in [-0.05, 0) is 29.8 Å². The van der Waals surface area contributed by atoms with Crippen LogP contribution >= 0.6 is 0 Å². The van der Waals surface area contributed by atoms with Gasteiger partial charge in [0.25, 0.3) is 0 Å². The van der Waals surface area contributed by atoms with Crippen LogP contribution in [0.5, 0.6) is 0 Å². The number of para-hydroxylation sites is 1. The predicted molar refractivity (Wildman–Crippen MR) is 95.5 cm³/mol. The van der Waals surface area contributed by atoms with Crippen LogP contribution in [0, 0.1) is 0 Å². The van der Waals surface area contributed by atoms with Gasteiger partial charge in [-0.15, -0.1) is 10.2 Å². The van der Waals surface area contributed by atoms with Crippen LogP contribution in [0.1, 0.15) is 11.1 Å². The van der Waals surface area contributed by atoms with Crippen molar-refractivity contribution >= 4 is 23.2 Å². The molecule has 2 aromatic carbocycles. The topological polar surface area (TPSA) is 66.9 Å². The van der Waals surface area contributed by atoms with Crippen molar-refractivity contribution in [3.63, 3.8) is 0 Å². The number of amides is 1. The zero-order valence-electron chi connectivity index (χ0n) is 14.0. The normalized spacial score (nSPS) is 11.1. The van der Waals surface area contributed by atoms with E-state index in [4.69, 9.17) is 0 Å². The smallest absolute Gasteiger partial charge is 0.338 e. The standard InChI is InChI=1S/C19H15F3N4O/c20-19(21,22)14-8-4-5-9-15(14)23-16-10-11-17(26-25-16)24-18(27)12-13-6-2-1-3-7-13/h1-11H,12H2,(H,23,25)(H,24,26,27). The molecule has 0 spiro atoms. The van der Waals surface area contributed by atoms with Gasteiger partial charge in [-0.1, -0.05) is 42.5 Å². The van der Waals surface area contributed by atoms with Gasteiger partial charge in [0.15, 0.2) is 11.6 Å². The average molecular weight is 372 g/mol. The van der Waals surface area contributed by atoms with Crippen molar-refractivity contribution < 1.29 is 18.0 Å². The average Bonchev–Trinajstić information content (AvgIpc) is 2.64. The van der Waals surface area contributed by atoms with Crippen molar-refractivity contribution in [2.75, 3.05) is 10.6 Å². The summed E-state index contributed by atoms with van der Waals surface area (Å²) in [6.45, 7) is 0. The van der Waals surface area contributed by atoms with Crippen LogP contribution in [0.4, 0.5) is 30.5 Å². The van der Waals surface area contributed by atoms with E-state index in [-0.39, 0.29) is 29.7 Å². The molecule has 5 nitrogen and oxygen atoms in total. The van der Waals surface area contributed by atoms with E-state index >= 15 is 0 Å². The van der Waals surface area contributed by atoms with Crippen molar-refractivity contribution in [2.24, 2.45) is 0 Å². The quantitative estimate of drug-likeness (QED) is 0.696. The maximum atomic E-state index is 13.0. The van der Waals surface area contributed by atoms with Gasteiger partial charge >= 0.3 is 6.18 Å². The third-order valence-corrected chi connectivity index (χ3v) is 3.63. The molecule has 1 aromatic heterocycles. The minimum absolute atomic E-state index is 0.125. The number of alkyl halides is 3. The second-order valence-electron chi connectivity index (χ2n) is 5.68. The van der Waals surface area contributed by atoms with Crippen LogP contribution in [0.3, 0.4) is 0 Å². The molecule has 0 unspecified atom stereocenters. The second kappa shape index (κ2) is 7.86. The Morgan fingerprint density at radius 3 is 2.15 bits per heavy atom. The number of nitrogens with one attached hydrogen (secondary N) is 2. The van der Waals surface area contributed by atoms with Crippen molar-refractivity contribution in [2.45, 2.75) is 12.6 Å². The van der Waals surface area contributed by atoms with Crippen LogP contribution in [0.2, 0.25) is 0 Å². The first-order chi connectivity index (χ1) is 12.9. The van der Waals surface area contributed by atoms with E-state index < -0.39 is 11.7 Å². The van der Waals surface area contributed by atoms with Gasteiger partial charge in [-0.3, -0.25) is 4.79 Å². The molecule has 3 aromatic rings. The number of hydrogen-bond donors (Lipinski definition) is 2. The molecule has 0 fully saturated rings. The molecule has 8 heteroatoms. The van der Waals surface area contributed by atoms with Crippen LogP contribution in [-0.2, 0) is 17.4 Å². The summed E-state index contributed by atoms with van der Waals surface area (Å²) in [6.07, 6.45) is -4.30. The fourth-order valence-electron chi connectivity index (χ4n) is 2.41. The lowest BCUT2D eigenvalue weighted by Gasteiger charge is -2.13. The van der Waals surface area contributed by atoms with Crippen LogP contribution in [0.15, 0.2) is 66.7 Å². The van der Waals surface area contributed by atoms with Crippen molar-refractivity contribution in [3.8, 4) is 0 Å². The molecule has 0 saturated carbocycles. The number of carbonyl (C=O) groups is 1. The summed E-state index contributed by atoms with van der Waals surface area (Å²) >= 11 is 0. The van der Waals surface area contributed by atoms with Crippen molar-refractivity contribution in [1.29, 1.82) is 0 Å². The summed E-state index contributed by atoms with van der Waals surface area (Å²) in [6, 6.07) is 17.2. The molecule has 1 heterocycles. The Morgan fingerprint density at radius 1 is 0.852 bits per heavy atom. The summed E-state index contributed by atoms with van der Waals surface area (Å²) in [5.41, 5.74) is -0.0720. The number of anilines is 3. The van der Waals surface area contributed by atoms with Gasteiger partial charge in [0.2, 0.25) is 5.91 Å². The Balaban J connectivity index is 1.65. The highest BCUT2D eigenvalue weighted by atomic mass is 19.4. The highest BCUT2D eigenvalue weighted by Crippen LogP contribution is 2.35. The first-order valence-electron chi connectivity index (χ1n) is 8.02. The predicted octanol–water partition coefficient (Wildman–Crippen LogP) is 4.42. The molecule has 138 valence electrons. The van der Waals surface area contributed by atoms with Gasteiger partial charge in [0.05, 0.1) is 17.7 Å². The number of rotatable bonds is 5. The summed E-state index contributed by atoms with van der Waals surface area (Å²) in [5, 5.41) is 12.8. The molecular formula is C19H15F3N4O. The largest absolute Gasteiger partial charge is 0.418 e. The highest BCUT2D eigenvalue weighted by Gasteiger charge is 2.33. The van der Waals surface area contributed by atoms with Gasteiger partial charge in [0.1, 0.15) is 0 Å². The van der Waals surface area contributed by atoms with Crippen LogP contribution in [-0.4, -0.2) is 16.1 Å². The second-order valence-corrected chi connectivity index (χ2v) is 5.68. The number of benzene rings is 2. The molecule has 0 saturated heterocycles. The molecule has 27 heavy (non-hydrogen) atoms. The van der Waals surface area contributed by atoms with E-state index in [1.54, 1.807) is 0 Å². The Bertz CT molecular complexity index is 912. The van der Waals surface area contributed by atoms with Gasteiger partial charge in [-0.2, -0.15) is 13.2 Å². The van der Waals surface area contributed by atoms with E-state index in [2.05, 4.69) is 20.8 Å². The van der Waals surface area contributed by atoms with Crippen molar-refractivity contribution in [3.05, 3.63) is 77.9 Å². The minimum Gasteiger partial charge on any atom is -0.338 e. The van der Waals surface area contributed by atoms with Crippen LogP contribution < -0.4 is 10.6 Å². The van der Waals surface area contributed by atoms with E-state index in [0.29, 0.717) is 0 Å². The van der Waals surface area contributed by atoms with Crippen LogP contribution in [0.25, 0.3) is 0 Å². The maximum Gasteiger partial charge on any atom is 0.418 e. The Labute approximate surface area is 153 Å². The number of carbonyl (C=O) groups excluding carboxylic acids is 1. The fraction of sp³-hybridized carbons (Fsp3) is 0.105. The summed E-state index contributed by atoms with van der Waals surface area (Å²) in [5.74, 6) is 0.0805. The molecule has 0 aliphatic rings. The maximum absolute atomic E-state index is 13.0. The van der Waals surface area contributed by atoms with Crippen molar-refractivity contribution in [1.82, 2.24) is 10.2 Å². The first-order valence-corrected chi connectivity index (χ1v) is 8.02. The van der Waals surface area contributed by atoms with E-state index in [9.17, 15) is 18.0 Å². The zero-order valence-corrected chi connectivity index (χ0v) is 14.0. The lowest BCUT2D eigenvalue weighted by atomic mass is 10.1. The summed E-state index contributed by atoms with van der Waals surface area (Å²) in [7, 11) is 0. The first kappa shape index (κ1) is 18.4. The third kappa shape index (κ3) is 5.04. The van der Waals surface area contributed by atoms with E-state index in [1.807, 2.05) is 30.3 Å². The number of hydrogen-bond acceptors (Lipinski definition) is 4. The molecule has 3 rings (SSSR count). The minimum atomic E-state index is -4.48. The van der Waals surface area contributed by atoms with Gasteiger partial charge in [0, 0.05) is 0 Å². The highest BCUT2D eigenvalue weighted by molar-refractivity contribution is 5.91. The molecule has 0 atom stereocenters. The Hall–Kier alpha value is -3.42. The molecule has 1 amide bonds. The molecule has 0 bridgehead atoms. The summed E-state index contributed by atoms with van der Waals surface area (Å²) in [4.78, 5) is 12.0. The zero-order chi connectivity index (χ0) is 19.3. The summed E-state index contributed by atoms with van der Waals surface area (Å²) < 4.78 is 39.0. The monoisotopic (exact) mass is 372 g/mol. The van der Waals surface area contributed by atoms with Gasteiger partial charge < -0.3 is 10.6 Å². The van der Waals surface area contributed by atoms with Gasteiger partial charge in [-0.25, -0.2) is 0 Å².